The standard InChI is InChI=1S/C16H17N3O4S/c1-10-7-14(22-2)15(23-3)8-16(10)24(20,21)19-13-6-4-5-12-11(13)9-17-18-12/h4-9,19H,1-3H3,(H,17,18). The predicted octanol–water partition coefficient (Wildman–Crippen LogP) is 2.69. The van der Waals surface area contributed by atoms with Gasteiger partial charge in [-0.1, -0.05) is 6.07 Å². The highest BCUT2D eigenvalue weighted by Gasteiger charge is 2.21. The van der Waals surface area contributed by atoms with Crippen LogP contribution < -0.4 is 14.2 Å². The number of hydrogen-bond acceptors (Lipinski definition) is 5. The second kappa shape index (κ2) is 6.04. The van der Waals surface area contributed by atoms with E-state index >= 15 is 0 Å². The van der Waals surface area contributed by atoms with Crippen LogP contribution in [0.15, 0.2) is 41.4 Å². The Balaban J connectivity index is 2.07. The number of methoxy groups -OCH3 is 2. The number of aromatic amines is 1. The minimum Gasteiger partial charge on any atom is -0.493 e. The Morgan fingerprint density at radius 2 is 1.83 bits per heavy atom. The van der Waals surface area contributed by atoms with Gasteiger partial charge in [-0.2, -0.15) is 5.10 Å². The molecule has 2 N–H and O–H groups in total. The first-order valence-electron chi connectivity index (χ1n) is 7.14. The van der Waals surface area contributed by atoms with Crippen molar-refractivity contribution in [1.29, 1.82) is 0 Å². The molecule has 1 aromatic heterocycles. The van der Waals surface area contributed by atoms with Gasteiger partial charge in [-0.3, -0.25) is 9.82 Å². The number of ether oxygens (including phenoxy) is 2. The van der Waals surface area contributed by atoms with Crippen molar-refractivity contribution >= 4 is 26.6 Å². The number of sulfonamides is 1. The minimum absolute atomic E-state index is 0.126. The van der Waals surface area contributed by atoms with E-state index in [1.165, 1.54) is 20.3 Å². The van der Waals surface area contributed by atoms with E-state index in [4.69, 9.17) is 9.47 Å². The van der Waals surface area contributed by atoms with Crippen LogP contribution in [0.1, 0.15) is 5.56 Å². The average Bonchev–Trinajstić information content (AvgIpc) is 3.03. The van der Waals surface area contributed by atoms with Gasteiger partial charge >= 0.3 is 0 Å². The van der Waals surface area contributed by atoms with Gasteiger partial charge in [-0.05, 0) is 30.7 Å². The quantitative estimate of drug-likeness (QED) is 0.740. The van der Waals surface area contributed by atoms with E-state index in [9.17, 15) is 8.42 Å². The van der Waals surface area contributed by atoms with E-state index in [-0.39, 0.29) is 4.90 Å². The summed E-state index contributed by atoms with van der Waals surface area (Å²) in [6.07, 6.45) is 1.58. The topological polar surface area (TPSA) is 93.3 Å². The molecule has 0 atom stereocenters. The molecule has 0 bridgehead atoms. The van der Waals surface area contributed by atoms with Gasteiger partial charge in [0.25, 0.3) is 10.0 Å². The third-order valence-electron chi connectivity index (χ3n) is 3.70. The molecule has 0 spiro atoms. The Morgan fingerprint density at radius 3 is 2.54 bits per heavy atom. The number of hydrogen-bond donors (Lipinski definition) is 2. The summed E-state index contributed by atoms with van der Waals surface area (Å²) >= 11 is 0. The van der Waals surface area contributed by atoms with Crippen molar-refractivity contribution in [3.63, 3.8) is 0 Å². The molecule has 0 aliphatic carbocycles. The van der Waals surface area contributed by atoms with Gasteiger partial charge in [0, 0.05) is 11.5 Å². The van der Waals surface area contributed by atoms with Crippen LogP contribution in [0.4, 0.5) is 5.69 Å². The molecule has 126 valence electrons. The molecule has 3 aromatic rings. The van der Waals surface area contributed by atoms with Crippen LogP contribution in [-0.2, 0) is 10.0 Å². The zero-order valence-corrected chi connectivity index (χ0v) is 14.3. The lowest BCUT2D eigenvalue weighted by Gasteiger charge is -2.14. The smallest absolute Gasteiger partial charge is 0.262 e. The van der Waals surface area contributed by atoms with E-state index in [2.05, 4.69) is 14.9 Å². The molecule has 0 aliphatic rings. The van der Waals surface area contributed by atoms with Crippen molar-refractivity contribution in [2.75, 3.05) is 18.9 Å². The lowest BCUT2D eigenvalue weighted by atomic mass is 10.2. The maximum atomic E-state index is 12.8. The van der Waals surface area contributed by atoms with Crippen LogP contribution in [-0.4, -0.2) is 32.8 Å². The Labute approximate surface area is 139 Å². The van der Waals surface area contributed by atoms with Crippen LogP contribution in [0.25, 0.3) is 10.9 Å². The number of anilines is 1. The third-order valence-corrected chi connectivity index (χ3v) is 5.21. The molecule has 0 aliphatic heterocycles. The lowest BCUT2D eigenvalue weighted by molar-refractivity contribution is 0.353. The van der Waals surface area contributed by atoms with E-state index in [0.717, 1.165) is 5.52 Å². The molecule has 2 aromatic carbocycles. The normalized spacial score (nSPS) is 11.5. The van der Waals surface area contributed by atoms with Gasteiger partial charge in [0.1, 0.15) is 0 Å². The molecule has 0 saturated heterocycles. The van der Waals surface area contributed by atoms with Gasteiger partial charge in [-0.25, -0.2) is 8.42 Å². The average molecular weight is 347 g/mol. The second-order valence-corrected chi connectivity index (χ2v) is 6.87. The molecule has 0 amide bonds. The van der Waals surface area contributed by atoms with E-state index < -0.39 is 10.0 Å². The van der Waals surface area contributed by atoms with Gasteiger partial charge in [0.2, 0.25) is 0 Å². The van der Waals surface area contributed by atoms with E-state index in [1.54, 1.807) is 31.3 Å². The molecule has 7 nitrogen and oxygen atoms in total. The van der Waals surface area contributed by atoms with Crippen LogP contribution in [0, 0.1) is 6.92 Å². The second-order valence-electron chi connectivity index (χ2n) is 5.21. The number of fused-ring (bicyclic) bond motifs is 1. The van der Waals surface area contributed by atoms with Crippen molar-refractivity contribution in [2.45, 2.75) is 11.8 Å². The van der Waals surface area contributed by atoms with E-state index in [0.29, 0.717) is 28.1 Å². The predicted molar refractivity (Wildman–Crippen MR) is 91.2 cm³/mol. The fraction of sp³-hybridized carbons (Fsp3) is 0.188. The minimum atomic E-state index is -3.80. The monoisotopic (exact) mass is 347 g/mol. The molecule has 0 saturated carbocycles. The van der Waals surface area contributed by atoms with Crippen LogP contribution in [0.2, 0.25) is 0 Å². The fourth-order valence-corrected chi connectivity index (χ4v) is 3.83. The molecule has 1 heterocycles. The first-order chi connectivity index (χ1) is 11.5. The molecule has 0 fully saturated rings. The zero-order valence-electron chi connectivity index (χ0n) is 13.5. The molecular formula is C16H17N3O4S. The molecule has 24 heavy (non-hydrogen) atoms. The summed E-state index contributed by atoms with van der Waals surface area (Å²) < 4.78 is 38.6. The highest BCUT2D eigenvalue weighted by Crippen LogP contribution is 2.33. The van der Waals surface area contributed by atoms with Crippen LogP contribution in [0.5, 0.6) is 11.5 Å². The largest absolute Gasteiger partial charge is 0.493 e. The molecule has 3 rings (SSSR count). The maximum Gasteiger partial charge on any atom is 0.262 e. The molecule has 0 radical (unpaired) electrons. The Bertz CT molecular complexity index is 996. The highest BCUT2D eigenvalue weighted by molar-refractivity contribution is 7.92. The number of aromatic nitrogens is 2. The first-order valence-corrected chi connectivity index (χ1v) is 8.62. The summed E-state index contributed by atoms with van der Waals surface area (Å²) in [4.78, 5) is 0.126. The highest BCUT2D eigenvalue weighted by atomic mass is 32.2. The molecular weight excluding hydrogens is 330 g/mol. The summed E-state index contributed by atoms with van der Waals surface area (Å²) in [7, 11) is -0.833. The maximum absolute atomic E-state index is 12.8. The molecule has 8 heteroatoms. The van der Waals surface area contributed by atoms with E-state index in [1.807, 2.05) is 6.07 Å². The Hall–Kier alpha value is -2.74. The van der Waals surface area contributed by atoms with Crippen molar-refractivity contribution in [1.82, 2.24) is 10.2 Å². The molecule has 0 unspecified atom stereocenters. The van der Waals surface area contributed by atoms with Crippen LogP contribution in [0.3, 0.4) is 0 Å². The van der Waals surface area contributed by atoms with Gasteiger partial charge in [0.15, 0.2) is 11.5 Å². The van der Waals surface area contributed by atoms with Crippen molar-refractivity contribution in [3.8, 4) is 11.5 Å². The summed E-state index contributed by atoms with van der Waals surface area (Å²) in [5.41, 5.74) is 1.76. The summed E-state index contributed by atoms with van der Waals surface area (Å²) in [6, 6.07) is 8.34. The van der Waals surface area contributed by atoms with Crippen molar-refractivity contribution in [3.05, 3.63) is 42.1 Å². The summed E-state index contributed by atoms with van der Waals surface area (Å²) in [5.74, 6) is 0.830. The van der Waals surface area contributed by atoms with Crippen molar-refractivity contribution in [2.24, 2.45) is 0 Å². The van der Waals surface area contributed by atoms with Gasteiger partial charge in [-0.15, -0.1) is 0 Å². The van der Waals surface area contributed by atoms with Crippen molar-refractivity contribution < 1.29 is 17.9 Å². The number of nitrogens with zero attached hydrogens (tertiary/aromatic N) is 1. The van der Waals surface area contributed by atoms with Gasteiger partial charge < -0.3 is 9.47 Å². The third kappa shape index (κ3) is 2.76. The summed E-state index contributed by atoms with van der Waals surface area (Å²) in [5, 5.41) is 7.44. The zero-order chi connectivity index (χ0) is 17.3. The number of H-pyrrole nitrogens is 1. The Morgan fingerprint density at radius 1 is 1.12 bits per heavy atom. The Kier molecular flexibility index (Phi) is 4.06. The SMILES string of the molecule is COc1cc(C)c(S(=O)(=O)Nc2cccc3[nH]ncc23)cc1OC. The van der Waals surface area contributed by atoms with Gasteiger partial charge in [0.05, 0.1) is 36.5 Å². The number of benzene rings is 2. The number of aryl methyl sites for hydroxylation is 1. The van der Waals surface area contributed by atoms with Crippen LogP contribution >= 0.6 is 0 Å². The number of nitrogens with one attached hydrogen (secondary N) is 2. The lowest BCUT2D eigenvalue weighted by Crippen LogP contribution is -2.14. The number of rotatable bonds is 5. The first kappa shape index (κ1) is 16.1. The summed E-state index contributed by atoms with van der Waals surface area (Å²) in [6.45, 7) is 1.70. The fourth-order valence-electron chi connectivity index (χ4n) is 2.51.